The molecule has 212 valence electrons. The number of hydrogen-bond donors (Lipinski definition) is 0. The molecule has 4 rings (SSSR count). The van der Waals surface area contributed by atoms with Gasteiger partial charge in [-0.05, 0) is 36.2 Å². The van der Waals surface area contributed by atoms with Gasteiger partial charge in [0, 0.05) is 38.4 Å². The zero-order valence-electron chi connectivity index (χ0n) is 22.5. The summed E-state index contributed by atoms with van der Waals surface area (Å²) in [7, 11) is -1.26. The number of rotatable bonds is 9. The number of halogens is 4. The van der Waals surface area contributed by atoms with E-state index in [-0.39, 0.29) is 49.0 Å². The van der Waals surface area contributed by atoms with Gasteiger partial charge < -0.3 is 18.9 Å². The maximum atomic E-state index is 14.5. The lowest BCUT2D eigenvalue weighted by Gasteiger charge is -2.28. The van der Waals surface area contributed by atoms with Crippen molar-refractivity contribution >= 4 is 25.6 Å². The molecular weight excluding hydrogens is 551 g/mol. The molecule has 0 radical (unpaired) electrons. The molecule has 1 saturated heterocycles. The number of nitrogens with zero attached hydrogens (tertiary/aromatic N) is 5. The van der Waals surface area contributed by atoms with E-state index in [1.165, 1.54) is 22.8 Å². The summed E-state index contributed by atoms with van der Waals surface area (Å²) in [4.78, 5) is 19.6. The molecule has 0 aliphatic carbocycles. The minimum absolute atomic E-state index is 0.0458. The van der Waals surface area contributed by atoms with Gasteiger partial charge in [0.05, 0.1) is 19.8 Å². The normalized spacial score (nSPS) is 14.7. The van der Waals surface area contributed by atoms with Crippen LogP contribution in [0, 0.1) is 6.92 Å². The van der Waals surface area contributed by atoms with Crippen LogP contribution in [-0.2, 0) is 28.9 Å². The number of aromatic nitrogens is 4. The number of carbonyl (C=O) groups is 1. The molecule has 3 heterocycles. The molecule has 0 atom stereocenters. The van der Waals surface area contributed by atoms with E-state index < -0.39 is 25.9 Å². The first-order valence-corrected chi connectivity index (χ1v) is 16.8. The van der Waals surface area contributed by atoms with E-state index >= 15 is 0 Å². The van der Waals surface area contributed by atoms with Crippen molar-refractivity contribution in [3.63, 3.8) is 0 Å². The van der Waals surface area contributed by atoms with E-state index in [0.717, 1.165) is 10.6 Å². The van der Waals surface area contributed by atoms with Gasteiger partial charge in [0.15, 0.2) is 5.82 Å². The molecule has 3 aromatic rings. The van der Waals surface area contributed by atoms with E-state index in [1.54, 1.807) is 24.3 Å². The second-order valence-electron chi connectivity index (χ2n) is 10.7. The molecule has 1 amide bonds. The highest BCUT2D eigenvalue weighted by Crippen LogP contribution is 2.42. The van der Waals surface area contributed by atoms with Crippen molar-refractivity contribution in [3.8, 4) is 11.1 Å². The molecule has 1 aliphatic rings. The molecule has 1 aliphatic heterocycles. The maximum Gasteiger partial charge on any atom is 0.431 e. The molecule has 0 unspecified atom stereocenters. The van der Waals surface area contributed by atoms with Crippen molar-refractivity contribution < 1.29 is 27.4 Å². The Morgan fingerprint density at radius 2 is 1.82 bits per heavy atom. The third kappa shape index (κ3) is 7.10. The van der Waals surface area contributed by atoms with Gasteiger partial charge in [0.25, 0.3) is 5.91 Å². The van der Waals surface area contributed by atoms with E-state index in [4.69, 9.17) is 21.1 Å². The minimum atomic E-state index is -4.72. The van der Waals surface area contributed by atoms with Gasteiger partial charge in [-0.3, -0.25) is 4.79 Å². The largest absolute Gasteiger partial charge is 0.431 e. The summed E-state index contributed by atoms with van der Waals surface area (Å²) in [5.74, 6) is -0.362. The third-order valence-electron chi connectivity index (χ3n) is 6.51. The first-order chi connectivity index (χ1) is 18.3. The van der Waals surface area contributed by atoms with Crippen LogP contribution in [0.25, 0.3) is 11.1 Å². The summed E-state index contributed by atoms with van der Waals surface area (Å²) in [5, 5.41) is 4.78. The van der Waals surface area contributed by atoms with Gasteiger partial charge in [0.1, 0.15) is 24.4 Å². The molecule has 0 saturated carbocycles. The van der Waals surface area contributed by atoms with Crippen LogP contribution in [0.1, 0.15) is 27.6 Å². The van der Waals surface area contributed by atoms with Crippen LogP contribution in [-0.4, -0.2) is 71.1 Å². The Morgan fingerprint density at radius 1 is 1.15 bits per heavy atom. The van der Waals surface area contributed by atoms with Gasteiger partial charge in [-0.1, -0.05) is 43.4 Å². The smallest absolute Gasteiger partial charge is 0.378 e. The number of hydrogen-bond acceptors (Lipinski definition) is 5. The first-order valence-electron chi connectivity index (χ1n) is 12.7. The standard InChI is InChI=1S/C26H33ClF3N5O3Si/c1-18-22(19-5-7-20(27)8-6-19)23(25(36)33-9-11-37-12-10-33)35(24(18)26(28,29)30)15-21-31-16-34(32-21)17-38-13-14-39(2,3)4/h5-8,16H,9-15,17H2,1-4H3. The number of benzene rings is 1. The van der Waals surface area contributed by atoms with Crippen LogP contribution in [0.4, 0.5) is 13.2 Å². The molecular formula is C26H33ClF3N5O3Si. The van der Waals surface area contributed by atoms with Crippen molar-refractivity contribution in [1.29, 1.82) is 0 Å². The minimum Gasteiger partial charge on any atom is -0.378 e. The average Bonchev–Trinajstić information content (AvgIpc) is 3.43. The molecule has 39 heavy (non-hydrogen) atoms. The zero-order chi connectivity index (χ0) is 28.4. The second-order valence-corrected chi connectivity index (χ2v) is 16.8. The van der Waals surface area contributed by atoms with Gasteiger partial charge >= 0.3 is 6.18 Å². The van der Waals surface area contributed by atoms with Crippen LogP contribution in [0.5, 0.6) is 0 Å². The van der Waals surface area contributed by atoms with E-state index in [9.17, 15) is 18.0 Å². The predicted octanol–water partition coefficient (Wildman–Crippen LogP) is 5.56. The SMILES string of the molecule is Cc1c(-c2ccc(Cl)cc2)c(C(=O)N2CCOCC2)n(Cc2ncn(COCC[Si](C)(C)C)n2)c1C(F)(F)F. The van der Waals surface area contributed by atoms with Crippen molar-refractivity contribution in [2.24, 2.45) is 0 Å². The van der Waals surface area contributed by atoms with Crippen LogP contribution in [0.3, 0.4) is 0 Å². The van der Waals surface area contributed by atoms with Crippen LogP contribution < -0.4 is 0 Å². The number of alkyl halides is 3. The monoisotopic (exact) mass is 583 g/mol. The summed E-state index contributed by atoms with van der Waals surface area (Å²) in [6, 6.07) is 7.41. The number of morpholine rings is 1. The van der Waals surface area contributed by atoms with Crippen LogP contribution in [0.15, 0.2) is 30.6 Å². The maximum absolute atomic E-state index is 14.5. The average molecular weight is 584 g/mol. The molecule has 0 N–H and O–H groups in total. The van der Waals surface area contributed by atoms with Gasteiger partial charge in [0.2, 0.25) is 0 Å². The Kier molecular flexibility index (Phi) is 8.89. The predicted molar refractivity (Wildman–Crippen MR) is 145 cm³/mol. The third-order valence-corrected chi connectivity index (χ3v) is 8.47. The van der Waals surface area contributed by atoms with Crippen molar-refractivity contribution in [2.75, 3.05) is 32.9 Å². The quantitative estimate of drug-likeness (QED) is 0.244. The van der Waals surface area contributed by atoms with Gasteiger partial charge in [-0.2, -0.15) is 18.3 Å². The zero-order valence-corrected chi connectivity index (χ0v) is 24.3. The Labute approximate surface area is 231 Å². The molecule has 13 heteroatoms. The fourth-order valence-corrected chi connectivity index (χ4v) is 5.41. The molecule has 1 fully saturated rings. The molecule has 2 aromatic heterocycles. The lowest BCUT2D eigenvalue weighted by atomic mass is 10.00. The van der Waals surface area contributed by atoms with E-state index in [0.29, 0.717) is 30.4 Å². The summed E-state index contributed by atoms with van der Waals surface area (Å²) in [6.07, 6.45) is -3.30. The van der Waals surface area contributed by atoms with Crippen LogP contribution >= 0.6 is 11.6 Å². The molecule has 0 spiro atoms. The summed E-state index contributed by atoms with van der Waals surface area (Å²) >= 11 is 6.05. The molecule has 0 bridgehead atoms. The highest BCUT2D eigenvalue weighted by Gasteiger charge is 2.42. The second kappa shape index (κ2) is 11.8. The summed E-state index contributed by atoms with van der Waals surface area (Å²) < 4.78 is 57.1. The van der Waals surface area contributed by atoms with Crippen molar-refractivity contribution in [1.82, 2.24) is 24.2 Å². The Balaban J connectivity index is 1.74. The van der Waals surface area contributed by atoms with Crippen molar-refractivity contribution in [3.05, 3.63) is 58.4 Å². The van der Waals surface area contributed by atoms with Gasteiger partial charge in [-0.15, -0.1) is 0 Å². The molecule has 8 nitrogen and oxygen atoms in total. The number of amides is 1. The summed E-state index contributed by atoms with van der Waals surface area (Å²) in [6.45, 7) is 9.70. The topological polar surface area (TPSA) is 74.4 Å². The number of ether oxygens (including phenoxy) is 2. The first kappa shape index (κ1) is 29.3. The van der Waals surface area contributed by atoms with E-state index in [1.807, 2.05) is 0 Å². The fraction of sp³-hybridized carbons (Fsp3) is 0.500. The highest BCUT2D eigenvalue weighted by molar-refractivity contribution is 6.76. The fourth-order valence-electron chi connectivity index (χ4n) is 4.52. The Morgan fingerprint density at radius 3 is 2.44 bits per heavy atom. The van der Waals surface area contributed by atoms with E-state index in [2.05, 4.69) is 29.7 Å². The lowest BCUT2D eigenvalue weighted by Crippen LogP contribution is -2.41. The van der Waals surface area contributed by atoms with Crippen LogP contribution in [0.2, 0.25) is 30.7 Å². The van der Waals surface area contributed by atoms with Gasteiger partial charge in [-0.25, -0.2) is 9.67 Å². The van der Waals surface area contributed by atoms with Crippen molar-refractivity contribution in [2.45, 2.75) is 52.1 Å². The number of carbonyl (C=O) groups excluding carboxylic acids is 1. The Bertz CT molecular complexity index is 1300. The lowest BCUT2D eigenvalue weighted by molar-refractivity contribution is -0.143. The Hall–Kier alpha value is -2.67. The highest BCUT2D eigenvalue weighted by atomic mass is 35.5. The summed E-state index contributed by atoms with van der Waals surface area (Å²) in [5.41, 5.74) is -0.342. The molecule has 1 aromatic carbocycles.